The van der Waals surface area contributed by atoms with E-state index in [0.717, 1.165) is 15.7 Å². The van der Waals surface area contributed by atoms with Crippen molar-refractivity contribution in [2.45, 2.75) is 13.3 Å². The number of benzene rings is 2. The molecule has 0 spiro atoms. The van der Waals surface area contributed by atoms with Gasteiger partial charge in [0.1, 0.15) is 0 Å². The topological polar surface area (TPSA) is 89.6 Å². The van der Waals surface area contributed by atoms with Crippen molar-refractivity contribution in [2.24, 2.45) is 0 Å². The van der Waals surface area contributed by atoms with Gasteiger partial charge in [-0.25, -0.2) is 4.98 Å². The molecule has 1 aromatic heterocycles. The van der Waals surface area contributed by atoms with Gasteiger partial charge in [0.25, 0.3) is 5.91 Å². The molecule has 4 rings (SSSR count). The molecule has 2 amide bonds. The second-order valence-corrected chi connectivity index (χ2v) is 8.12. The lowest BCUT2D eigenvalue weighted by Gasteiger charge is -2.08. The van der Waals surface area contributed by atoms with E-state index in [-0.39, 0.29) is 25.0 Å². The maximum absolute atomic E-state index is 12.4. The van der Waals surface area contributed by atoms with Gasteiger partial charge in [-0.15, -0.1) is 11.3 Å². The number of nitrogens with one attached hydrogen (secondary N) is 2. The van der Waals surface area contributed by atoms with E-state index >= 15 is 0 Å². The first-order valence-corrected chi connectivity index (χ1v) is 10.4. The van der Waals surface area contributed by atoms with Crippen LogP contribution in [0.15, 0.2) is 46.3 Å². The van der Waals surface area contributed by atoms with E-state index in [1.165, 1.54) is 11.3 Å². The molecule has 1 aliphatic rings. The molecule has 2 heterocycles. The molecule has 148 valence electrons. The van der Waals surface area contributed by atoms with Crippen LogP contribution >= 0.6 is 27.3 Å². The first-order valence-electron chi connectivity index (χ1n) is 8.69. The van der Waals surface area contributed by atoms with Gasteiger partial charge in [0.15, 0.2) is 16.6 Å². The van der Waals surface area contributed by atoms with Crippen molar-refractivity contribution in [1.29, 1.82) is 0 Å². The van der Waals surface area contributed by atoms with Gasteiger partial charge in [-0.05, 0) is 48.9 Å². The molecule has 3 aromatic rings. The van der Waals surface area contributed by atoms with Crippen LogP contribution in [0.25, 0.3) is 0 Å². The molecule has 0 radical (unpaired) electrons. The average Bonchev–Trinajstić information content (AvgIpc) is 3.32. The van der Waals surface area contributed by atoms with E-state index in [9.17, 15) is 9.59 Å². The Morgan fingerprint density at radius 3 is 2.79 bits per heavy atom. The number of aromatic nitrogens is 1. The summed E-state index contributed by atoms with van der Waals surface area (Å²) in [6.45, 7) is 2.07. The molecule has 0 saturated carbocycles. The van der Waals surface area contributed by atoms with Crippen LogP contribution in [0.3, 0.4) is 0 Å². The van der Waals surface area contributed by atoms with Crippen molar-refractivity contribution >= 4 is 49.9 Å². The quantitative estimate of drug-likeness (QED) is 0.573. The van der Waals surface area contributed by atoms with Crippen LogP contribution < -0.4 is 20.1 Å². The summed E-state index contributed by atoms with van der Waals surface area (Å²) in [4.78, 5) is 29.1. The zero-order valence-electron chi connectivity index (χ0n) is 15.3. The molecular weight excluding hydrogens is 458 g/mol. The third-order valence-corrected chi connectivity index (χ3v) is 5.51. The lowest BCUT2D eigenvalue weighted by atomic mass is 10.2. The number of hydrogen-bond donors (Lipinski definition) is 2. The number of amides is 2. The highest BCUT2D eigenvalue weighted by Gasteiger charge is 2.17. The van der Waals surface area contributed by atoms with Crippen LogP contribution in [0, 0.1) is 6.92 Å². The fourth-order valence-electron chi connectivity index (χ4n) is 2.78. The molecule has 0 fully saturated rings. The summed E-state index contributed by atoms with van der Waals surface area (Å²) in [6, 6.07) is 10.6. The number of fused-ring (bicyclic) bond motifs is 1. The number of carbonyl (C=O) groups is 2. The molecule has 0 atom stereocenters. The number of thiazole rings is 1. The fraction of sp³-hybridized carbons (Fsp3) is 0.150. The van der Waals surface area contributed by atoms with Gasteiger partial charge in [-0.1, -0.05) is 15.9 Å². The Bertz CT molecular complexity index is 1100. The minimum Gasteiger partial charge on any atom is -0.454 e. The monoisotopic (exact) mass is 473 g/mol. The summed E-state index contributed by atoms with van der Waals surface area (Å²) in [6.07, 6.45) is 0.117. The minimum absolute atomic E-state index is 0.117. The number of rotatable bonds is 5. The number of nitrogens with zero attached hydrogens (tertiary/aromatic N) is 1. The minimum atomic E-state index is -0.306. The zero-order valence-corrected chi connectivity index (χ0v) is 17.7. The summed E-state index contributed by atoms with van der Waals surface area (Å²) in [7, 11) is 0. The van der Waals surface area contributed by atoms with Gasteiger partial charge in [-0.3, -0.25) is 14.9 Å². The van der Waals surface area contributed by atoms with E-state index in [1.807, 2.05) is 25.1 Å². The molecule has 2 aromatic carbocycles. The molecule has 29 heavy (non-hydrogen) atoms. The molecule has 9 heteroatoms. The molecule has 2 N–H and O–H groups in total. The summed E-state index contributed by atoms with van der Waals surface area (Å²) < 4.78 is 11.5. The summed E-state index contributed by atoms with van der Waals surface area (Å²) in [5, 5.41) is 7.80. The number of anilines is 2. The van der Waals surface area contributed by atoms with Crippen molar-refractivity contribution in [2.75, 3.05) is 17.4 Å². The number of aryl methyl sites for hydroxylation is 1. The third-order valence-electron chi connectivity index (χ3n) is 4.21. The second-order valence-electron chi connectivity index (χ2n) is 6.35. The van der Waals surface area contributed by atoms with Crippen LogP contribution in [0.5, 0.6) is 11.5 Å². The maximum atomic E-state index is 12.4. The van der Waals surface area contributed by atoms with E-state index in [4.69, 9.17) is 9.47 Å². The molecule has 7 nitrogen and oxygen atoms in total. The highest BCUT2D eigenvalue weighted by molar-refractivity contribution is 9.10. The van der Waals surface area contributed by atoms with Crippen molar-refractivity contribution in [3.8, 4) is 11.5 Å². The van der Waals surface area contributed by atoms with Crippen molar-refractivity contribution in [3.63, 3.8) is 0 Å². The predicted molar refractivity (Wildman–Crippen MR) is 114 cm³/mol. The Morgan fingerprint density at radius 1 is 1.14 bits per heavy atom. The lowest BCUT2D eigenvalue weighted by molar-refractivity contribution is -0.115. The molecule has 1 aliphatic heterocycles. The highest BCUT2D eigenvalue weighted by atomic mass is 79.9. The van der Waals surface area contributed by atoms with E-state index in [0.29, 0.717) is 27.9 Å². The molecule has 0 saturated heterocycles. The second kappa shape index (κ2) is 8.22. The van der Waals surface area contributed by atoms with Gasteiger partial charge in [-0.2, -0.15) is 0 Å². The number of hydrogen-bond acceptors (Lipinski definition) is 6. The van der Waals surface area contributed by atoms with E-state index in [2.05, 4.69) is 31.5 Å². The van der Waals surface area contributed by atoms with Crippen LogP contribution in [-0.2, 0) is 11.2 Å². The van der Waals surface area contributed by atoms with Crippen molar-refractivity contribution in [1.82, 2.24) is 4.98 Å². The Balaban J connectivity index is 1.36. The van der Waals surface area contributed by atoms with Crippen molar-refractivity contribution in [3.05, 3.63) is 63.1 Å². The van der Waals surface area contributed by atoms with E-state index in [1.54, 1.807) is 23.6 Å². The normalized spacial score (nSPS) is 11.9. The van der Waals surface area contributed by atoms with Gasteiger partial charge in [0.05, 0.1) is 12.1 Å². The molecular formula is C20H16BrN3O4S. The summed E-state index contributed by atoms with van der Waals surface area (Å²) in [5.74, 6) is 0.677. The van der Waals surface area contributed by atoms with Crippen LogP contribution in [0.2, 0.25) is 0 Å². The average molecular weight is 474 g/mol. The third kappa shape index (κ3) is 4.57. The largest absolute Gasteiger partial charge is 0.454 e. The lowest BCUT2D eigenvalue weighted by Crippen LogP contribution is -2.15. The zero-order chi connectivity index (χ0) is 20.4. The first kappa shape index (κ1) is 19.4. The molecule has 0 aliphatic carbocycles. The van der Waals surface area contributed by atoms with Crippen LogP contribution in [-0.4, -0.2) is 23.6 Å². The number of carbonyl (C=O) groups excluding carboxylic acids is 2. The van der Waals surface area contributed by atoms with Gasteiger partial charge in [0.2, 0.25) is 12.7 Å². The standard InChI is InChI=1S/C20H16BrN3O4S/c1-11-6-13(21)3-4-15(11)23-18(25)8-14-9-29-20(22-14)24-19(26)12-2-5-16-17(7-12)28-10-27-16/h2-7,9H,8,10H2,1H3,(H,23,25)(H,22,24,26). The highest BCUT2D eigenvalue weighted by Crippen LogP contribution is 2.32. The SMILES string of the molecule is Cc1cc(Br)ccc1NC(=O)Cc1csc(NC(=O)c2ccc3c(c2)OCO3)n1. The molecule has 0 unspecified atom stereocenters. The maximum Gasteiger partial charge on any atom is 0.257 e. The Hall–Kier alpha value is -2.91. The van der Waals surface area contributed by atoms with Gasteiger partial charge in [0, 0.05) is 21.1 Å². The van der Waals surface area contributed by atoms with Gasteiger partial charge >= 0.3 is 0 Å². The summed E-state index contributed by atoms with van der Waals surface area (Å²) in [5.41, 5.74) is 2.74. The summed E-state index contributed by atoms with van der Waals surface area (Å²) >= 11 is 4.67. The Morgan fingerprint density at radius 2 is 1.97 bits per heavy atom. The number of ether oxygens (including phenoxy) is 2. The predicted octanol–water partition coefficient (Wildman–Crippen LogP) is 4.38. The molecule has 0 bridgehead atoms. The van der Waals surface area contributed by atoms with Crippen LogP contribution in [0.4, 0.5) is 10.8 Å². The number of halogens is 1. The fourth-order valence-corrected chi connectivity index (χ4v) is 3.96. The van der Waals surface area contributed by atoms with Crippen LogP contribution in [0.1, 0.15) is 21.6 Å². The Labute approximate surface area is 179 Å². The van der Waals surface area contributed by atoms with E-state index < -0.39 is 0 Å². The first-order chi connectivity index (χ1) is 14.0. The van der Waals surface area contributed by atoms with Crippen molar-refractivity contribution < 1.29 is 19.1 Å². The van der Waals surface area contributed by atoms with Gasteiger partial charge < -0.3 is 14.8 Å². The smallest absolute Gasteiger partial charge is 0.257 e. The Kier molecular flexibility index (Phi) is 5.50.